The summed E-state index contributed by atoms with van der Waals surface area (Å²) in [4.78, 5) is 11.0. The van der Waals surface area contributed by atoms with Crippen molar-refractivity contribution in [2.75, 3.05) is 6.61 Å². The van der Waals surface area contributed by atoms with Crippen LogP contribution in [0.5, 0.6) is 5.75 Å². The van der Waals surface area contributed by atoms with Crippen LogP contribution in [0.3, 0.4) is 0 Å². The van der Waals surface area contributed by atoms with Crippen LogP contribution in [0, 0.1) is 5.82 Å². The molecule has 0 saturated carbocycles. The number of carboxylic acid groups (broad SMARTS) is 1. The Morgan fingerprint density at radius 1 is 1.21 bits per heavy atom. The molecular formula is C15H13FO3. The second kappa shape index (κ2) is 5.52. The minimum atomic E-state index is -1.09. The van der Waals surface area contributed by atoms with Crippen molar-refractivity contribution < 1.29 is 19.0 Å². The van der Waals surface area contributed by atoms with Crippen LogP contribution in [0.4, 0.5) is 4.39 Å². The fourth-order valence-electron chi connectivity index (χ4n) is 1.84. The van der Waals surface area contributed by atoms with Crippen LogP contribution >= 0.6 is 0 Å². The number of rotatable bonds is 4. The molecule has 0 aliphatic rings. The summed E-state index contributed by atoms with van der Waals surface area (Å²) in [6.07, 6.45) is 0. The zero-order valence-electron chi connectivity index (χ0n) is 10.4. The summed E-state index contributed by atoms with van der Waals surface area (Å²) in [5.74, 6) is -1.03. The maximum Gasteiger partial charge on any atom is 0.335 e. The molecule has 0 aliphatic carbocycles. The molecular weight excluding hydrogens is 247 g/mol. The molecule has 0 heterocycles. The average molecular weight is 260 g/mol. The van der Waals surface area contributed by atoms with Crippen LogP contribution < -0.4 is 4.74 Å². The van der Waals surface area contributed by atoms with Crippen LogP contribution in [0.2, 0.25) is 0 Å². The lowest BCUT2D eigenvalue weighted by molar-refractivity contribution is 0.0697. The molecule has 0 spiro atoms. The third kappa shape index (κ3) is 2.73. The molecule has 0 saturated heterocycles. The Kier molecular flexibility index (Phi) is 3.80. The molecule has 3 nitrogen and oxygen atoms in total. The molecule has 4 heteroatoms. The molecule has 0 bridgehead atoms. The molecule has 19 heavy (non-hydrogen) atoms. The number of carboxylic acids is 1. The van der Waals surface area contributed by atoms with Gasteiger partial charge in [-0.05, 0) is 31.2 Å². The van der Waals surface area contributed by atoms with E-state index in [4.69, 9.17) is 9.84 Å². The second-order valence-corrected chi connectivity index (χ2v) is 3.93. The van der Waals surface area contributed by atoms with Gasteiger partial charge < -0.3 is 9.84 Å². The third-order valence-electron chi connectivity index (χ3n) is 2.69. The van der Waals surface area contributed by atoms with E-state index in [1.165, 1.54) is 12.1 Å². The Bertz CT molecular complexity index is 608. The Balaban J connectivity index is 2.57. The van der Waals surface area contributed by atoms with Gasteiger partial charge in [0.1, 0.15) is 11.6 Å². The van der Waals surface area contributed by atoms with Crippen molar-refractivity contribution in [2.45, 2.75) is 6.92 Å². The van der Waals surface area contributed by atoms with E-state index in [1.54, 1.807) is 24.3 Å². The first-order valence-corrected chi connectivity index (χ1v) is 5.88. The summed E-state index contributed by atoms with van der Waals surface area (Å²) in [7, 11) is 0. The van der Waals surface area contributed by atoms with E-state index in [9.17, 15) is 9.18 Å². The summed E-state index contributed by atoms with van der Waals surface area (Å²) >= 11 is 0. The van der Waals surface area contributed by atoms with Crippen LogP contribution in [0.25, 0.3) is 11.1 Å². The van der Waals surface area contributed by atoms with Gasteiger partial charge >= 0.3 is 5.97 Å². The fraction of sp³-hybridized carbons (Fsp3) is 0.133. The molecule has 0 radical (unpaired) electrons. The molecule has 0 atom stereocenters. The fourth-order valence-corrected chi connectivity index (χ4v) is 1.84. The monoisotopic (exact) mass is 260 g/mol. The maximum absolute atomic E-state index is 13.9. The van der Waals surface area contributed by atoms with E-state index >= 15 is 0 Å². The molecule has 0 unspecified atom stereocenters. The zero-order valence-corrected chi connectivity index (χ0v) is 10.4. The van der Waals surface area contributed by atoms with E-state index in [2.05, 4.69) is 0 Å². The number of halogens is 1. The van der Waals surface area contributed by atoms with Gasteiger partial charge in [0.2, 0.25) is 0 Å². The van der Waals surface area contributed by atoms with Gasteiger partial charge in [-0.2, -0.15) is 0 Å². The highest BCUT2D eigenvalue weighted by atomic mass is 19.1. The minimum absolute atomic E-state index is 0.0442. The number of benzene rings is 2. The van der Waals surface area contributed by atoms with Crippen molar-refractivity contribution in [1.29, 1.82) is 0 Å². The van der Waals surface area contributed by atoms with Gasteiger partial charge in [0.15, 0.2) is 0 Å². The molecule has 0 aromatic heterocycles. The van der Waals surface area contributed by atoms with Gasteiger partial charge in [-0.1, -0.05) is 18.2 Å². The second-order valence-electron chi connectivity index (χ2n) is 3.93. The van der Waals surface area contributed by atoms with Crippen LogP contribution in [-0.2, 0) is 0 Å². The van der Waals surface area contributed by atoms with E-state index in [0.29, 0.717) is 17.9 Å². The summed E-state index contributed by atoms with van der Waals surface area (Å²) in [6.45, 7) is 2.29. The minimum Gasteiger partial charge on any atom is -0.493 e. The van der Waals surface area contributed by atoms with E-state index in [1.807, 2.05) is 6.92 Å². The van der Waals surface area contributed by atoms with Gasteiger partial charge in [0.05, 0.1) is 12.2 Å². The van der Waals surface area contributed by atoms with Crippen molar-refractivity contribution in [2.24, 2.45) is 0 Å². The molecule has 0 fully saturated rings. The molecule has 0 aliphatic heterocycles. The van der Waals surface area contributed by atoms with Crippen LogP contribution in [-0.4, -0.2) is 17.7 Å². The average Bonchev–Trinajstić information content (AvgIpc) is 2.40. The first-order chi connectivity index (χ1) is 9.13. The van der Waals surface area contributed by atoms with Crippen LogP contribution in [0.1, 0.15) is 17.3 Å². The topological polar surface area (TPSA) is 46.5 Å². The third-order valence-corrected chi connectivity index (χ3v) is 2.69. The molecule has 0 amide bonds. The lowest BCUT2D eigenvalue weighted by Crippen LogP contribution is -1.99. The summed E-state index contributed by atoms with van der Waals surface area (Å²) in [5, 5.41) is 8.97. The Morgan fingerprint density at radius 2 is 1.95 bits per heavy atom. The summed E-state index contributed by atoms with van der Waals surface area (Å²) < 4.78 is 19.3. The quantitative estimate of drug-likeness (QED) is 0.913. The standard InChI is InChI=1S/C15H13FO3/c1-2-19-14-6-4-3-5-11(14)12-9-10(15(17)18)7-8-13(12)16/h3-9H,2H2,1H3,(H,17,18). The van der Waals surface area contributed by atoms with Gasteiger partial charge in [0, 0.05) is 11.1 Å². The molecule has 2 aromatic rings. The largest absolute Gasteiger partial charge is 0.493 e. The van der Waals surface area contributed by atoms with Crippen molar-refractivity contribution in [3.8, 4) is 16.9 Å². The lowest BCUT2D eigenvalue weighted by atomic mass is 10.0. The summed E-state index contributed by atoms with van der Waals surface area (Å²) in [5.41, 5.74) is 0.816. The SMILES string of the molecule is CCOc1ccccc1-c1cc(C(=O)O)ccc1F. The normalized spacial score (nSPS) is 10.2. The van der Waals surface area contributed by atoms with Gasteiger partial charge in [-0.15, -0.1) is 0 Å². The Labute approximate surface area is 110 Å². The smallest absolute Gasteiger partial charge is 0.335 e. The predicted octanol–water partition coefficient (Wildman–Crippen LogP) is 3.59. The Morgan fingerprint density at radius 3 is 2.63 bits per heavy atom. The summed E-state index contributed by atoms with van der Waals surface area (Å²) in [6, 6.07) is 10.7. The van der Waals surface area contributed by atoms with Crippen LogP contribution in [0.15, 0.2) is 42.5 Å². The van der Waals surface area contributed by atoms with Gasteiger partial charge in [-0.3, -0.25) is 0 Å². The Hall–Kier alpha value is -2.36. The highest BCUT2D eigenvalue weighted by Gasteiger charge is 2.13. The first-order valence-electron chi connectivity index (χ1n) is 5.88. The molecule has 2 rings (SSSR count). The number of ether oxygens (including phenoxy) is 1. The van der Waals surface area contributed by atoms with E-state index < -0.39 is 11.8 Å². The predicted molar refractivity (Wildman–Crippen MR) is 70.0 cm³/mol. The maximum atomic E-state index is 13.9. The van der Waals surface area contributed by atoms with Crippen molar-refractivity contribution in [3.63, 3.8) is 0 Å². The molecule has 1 N–H and O–H groups in total. The van der Waals surface area contributed by atoms with Gasteiger partial charge in [-0.25, -0.2) is 9.18 Å². The molecule has 2 aromatic carbocycles. The highest BCUT2D eigenvalue weighted by Crippen LogP contribution is 2.32. The molecule has 98 valence electrons. The zero-order chi connectivity index (χ0) is 13.8. The van der Waals surface area contributed by atoms with Gasteiger partial charge in [0.25, 0.3) is 0 Å². The van der Waals surface area contributed by atoms with Crippen molar-refractivity contribution in [3.05, 3.63) is 53.8 Å². The van der Waals surface area contributed by atoms with E-state index in [0.717, 1.165) is 6.07 Å². The van der Waals surface area contributed by atoms with E-state index in [-0.39, 0.29) is 11.1 Å². The highest BCUT2D eigenvalue weighted by molar-refractivity contribution is 5.90. The lowest BCUT2D eigenvalue weighted by Gasteiger charge is -2.11. The van der Waals surface area contributed by atoms with Crippen molar-refractivity contribution >= 4 is 5.97 Å². The first kappa shape index (κ1) is 13.1. The van der Waals surface area contributed by atoms with Crippen molar-refractivity contribution in [1.82, 2.24) is 0 Å². The number of para-hydroxylation sites is 1. The number of hydrogen-bond acceptors (Lipinski definition) is 2. The number of hydrogen-bond donors (Lipinski definition) is 1. The number of aromatic carboxylic acids is 1. The number of carbonyl (C=O) groups is 1.